The van der Waals surface area contributed by atoms with Crippen molar-refractivity contribution >= 4 is 5.71 Å². The maximum absolute atomic E-state index is 7.64. The zero-order valence-corrected chi connectivity index (χ0v) is 9.25. The molecule has 1 aromatic rings. The first-order valence-electron chi connectivity index (χ1n) is 4.84. The van der Waals surface area contributed by atoms with Gasteiger partial charge in [0.15, 0.2) is 0 Å². The molecule has 0 amide bonds. The van der Waals surface area contributed by atoms with E-state index >= 15 is 0 Å². The zero-order chi connectivity index (χ0) is 11.7. The normalized spacial score (nSPS) is 8.40. The van der Waals surface area contributed by atoms with Crippen molar-refractivity contribution in [3.63, 3.8) is 0 Å². The number of aliphatic hydroxyl groups is 1. The van der Waals surface area contributed by atoms with Crippen LogP contribution in [0.25, 0.3) is 0 Å². The number of aliphatic hydroxyl groups excluding tert-OH is 1. The monoisotopic (exact) mass is 203 g/mol. The lowest BCUT2D eigenvalue weighted by molar-refractivity contribution is 0.351. The third-order valence-electron chi connectivity index (χ3n) is 1.89. The molecule has 0 saturated heterocycles. The molecule has 0 radical (unpaired) electrons. The molecular formula is C13H17NO. The number of aryl methyl sites for hydroxylation is 1. The number of hydrogen-bond donors (Lipinski definition) is 2. The molecule has 15 heavy (non-hydrogen) atoms. The Labute approximate surface area is 91.5 Å². The summed E-state index contributed by atoms with van der Waals surface area (Å²) >= 11 is 0. The lowest BCUT2D eigenvalue weighted by Crippen LogP contribution is -1.91. The molecule has 1 rings (SSSR count). The molecular weight excluding hydrogens is 186 g/mol. The van der Waals surface area contributed by atoms with Crippen molar-refractivity contribution in [3.05, 3.63) is 35.4 Å². The van der Waals surface area contributed by atoms with E-state index in [1.54, 1.807) is 6.92 Å². The maximum atomic E-state index is 7.64. The fourth-order valence-electron chi connectivity index (χ4n) is 0.990. The average Bonchev–Trinajstić information content (AvgIpc) is 2.29. The minimum absolute atomic E-state index is 0.153. The van der Waals surface area contributed by atoms with Gasteiger partial charge in [0.25, 0.3) is 0 Å². The van der Waals surface area contributed by atoms with E-state index in [9.17, 15) is 0 Å². The number of benzene rings is 1. The van der Waals surface area contributed by atoms with Gasteiger partial charge in [0.1, 0.15) is 6.61 Å². The van der Waals surface area contributed by atoms with Crippen molar-refractivity contribution in [3.8, 4) is 12.3 Å². The van der Waals surface area contributed by atoms with Gasteiger partial charge in [-0.25, -0.2) is 0 Å². The summed E-state index contributed by atoms with van der Waals surface area (Å²) in [6.45, 7) is 3.78. The van der Waals surface area contributed by atoms with Gasteiger partial charge in [0, 0.05) is 5.71 Å². The Morgan fingerprint density at radius 1 is 1.40 bits per heavy atom. The third kappa shape index (κ3) is 5.66. The summed E-state index contributed by atoms with van der Waals surface area (Å²) in [6.07, 6.45) is 5.59. The number of nitrogens with one attached hydrogen (secondary N) is 1. The molecule has 0 unspecified atom stereocenters. The lowest BCUT2D eigenvalue weighted by Gasteiger charge is -1.98. The van der Waals surface area contributed by atoms with E-state index in [1.807, 2.05) is 18.1 Å². The lowest BCUT2D eigenvalue weighted by atomic mass is 10.1. The summed E-state index contributed by atoms with van der Waals surface area (Å²) < 4.78 is 0. The highest BCUT2D eigenvalue weighted by Gasteiger charge is 1.93. The second-order valence-corrected chi connectivity index (χ2v) is 3.04. The topological polar surface area (TPSA) is 44.1 Å². The molecule has 0 aliphatic heterocycles. The second-order valence-electron chi connectivity index (χ2n) is 3.04. The Kier molecular flexibility index (Phi) is 6.96. The minimum atomic E-state index is -0.153. The predicted molar refractivity (Wildman–Crippen MR) is 64.2 cm³/mol. The van der Waals surface area contributed by atoms with Crippen LogP contribution in [0.5, 0.6) is 0 Å². The van der Waals surface area contributed by atoms with Gasteiger partial charge in [0.05, 0.1) is 0 Å². The molecule has 0 fully saturated rings. The van der Waals surface area contributed by atoms with Crippen LogP contribution in [-0.2, 0) is 6.42 Å². The molecule has 0 heterocycles. The van der Waals surface area contributed by atoms with Crippen molar-refractivity contribution < 1.29 is 5.11 Å². The highest BCUT2D eigenvalue weighted by Crippen LogP contribution is 2.04. The van der Waals surface area contributed by atoms with Crippen LogP contribution < -0.4 is 0 Å². The van der Waals surface area contributed by atoms with Gasteiger partial charge < -0.3 is 10.5 Å². The quantitative estimate of drug-likeness (QED) is 0.562. The molecule has 0 atom stereocenters. The summed E-state index contributed by atoms with van der Waals surface area (Å²) in [4.78, 5) is 0. The summed E-state index contributed by atoms with van der Waals surface area (Å²) in [5, 5.41) is 15.0. The molecule has 80 valence electrons. The molecule has 2 nitrogen and oxygen atoms in total. The SMILES string of the molecule is C#CCO.CCc1ccc(C(C)=N)cc1. The Balaban J connectivity index is 0.000000423. The Morgan fingerprint density at radius 2 is 1.87 bits per heavy atom. The minimum Gasteiger partial charge on any atom is -0.384 e. The van der Waals surface area contributed by atoms with Crippen molar-refractivity contribution in [1.82, 2.24) is 0 Å². The summed E-state index contributed by atoms with van der Waals surface area (Å²) in [5.41, 5.74) is 2.98. The van der Waals surface area contributed by atoms with Crippen molar-refractivity contribution in [2.24, 2.45) is 0 Å². The van der Waals surface area contributed by atoms with Gasteiger partial charge in [0.2, 0.25) is 0 Å². The summed E-state index contributed by atoms with van der Waals surface area (Å²) in [5.74, 6) is 1.99. The standard InChI is InChI=1S/C10H13N.C3H4O/c1-3-9-4-6-10(7-5-9)8(2)11;1-2-3-4/h4-7,11H,3H2,1-2H3;1,4H,3H2. The molecule has 0 aromatic heterocycles. The van der Waals surface area contributed by atoms with Crippen molar-refractivity contribution in [2.75, 3.05) is 6.61 Å². The third-order valence-corrected chi connectivity index (χ3v) is 1.89. The molecule has 1 aromatic carbocycles. The van der Waals surface area contributed by atoms with Crippen LogP contribution in [0.3, 0.4) is 0 Å². The number of terminal acetylenes is 1. The predicted octanol–water partition coefficient (Wildman–Crippen LogP) is 2.25. The van der Waals surface area contributed by atoms with E-state index in [2.05, 4.69) is 25.5 Å². The highest BCUT2D eigenvalue weighted by atomic mass is 16.2. The van der Waals surface area contributed by atoms with Gasteiger partial charge in [-0.05, 0) is 24.5 Å². The molecule has 0 saturated carbocycles. The first-order chi connectivity index (χ1) is 7.15. The van der Waals surface area contributed by atoms with Crippen LogP contribution in [0.2, 0.25) is 0 Å². The average molecular weight is 203 g/mol. The molecule has 0 aliphatic rings. The fourth-order valence-corrected chi connectivity index (χ4v) is 0.990. The molecule has 0 bridgehead atoms. The van der Waals surface area contributed by atoms with E-state index in [1.165, 1.54) is 5.56 Å². The number of hydrogen-bond acceptors (Lipinski definition) is 2. The van der Waals surface area contributed by atoms with Gasteiger partial charge >= 0.3 is 0 Å². The highest BCUT2D eigenvalue weighted by molar-refractivity contribution is 5.96. The van der Waals surface area contributed by atoms with Gasteiger partial charge in [-0.1, -0.05) is 37.1 Å². The Hall–Kier alpha value is -1.59. The van der Waals surface area contributed by atoms with Crippen LogP contribution >= 0.6 is 0 Å². The van der Waals surface area contributed by atoms with E-state index < -0.39 is 0 Å². The Bertz CT molecular complexity index is 333. The first-order valence-corrected chi connectivity index (χ1v) is 4.84. The maximum Gasteiger partial charge on any atom is 0.103 e. The largest absolute Gasteiger partial charge is 0.384 e. The van der Waals surface area contributed by atoms with E-state index in [0.717, 1.165) is 12.0 Å². The van der Waals surface area contributed by atoms with Crippen LogP contribution in [0.1, 0.15) is 25.0 Å². The van der Waals surface area contributed by atoms with Crippen LogP contribution in [0, 0.1) is 17.8 Å². The summed E-state index contributed by atoms with van der Waals surface area (Å²) in [7, 11) is 0. The Morgan fingerprint density at radius 3 is 2.13 bits per heavy atom. The zero-order valence-electron chi connectivity index (χ0n) is 9.25. The first kappa shape index (κ1) is 13.4. The molecule has 0 spiro atoms. The molecule has 0 aliphatic carbocycles. The van der Waals surface area contributed by atoms with Crippen molar-refractivity contribution in [1.29, 1.82) is 5.41 Å². The van der Waals surface area contributed by atoms with Crippen LogP contribution in [0.4, 0.5) is 0 Å². The van der Waals surface area contributed by atoms with E-state index in [0.29, 0.717) is 5.71 Å². The van der Waals surface area contributed by atoms with Gasteiger partial charge in [-0.2, -0.15) is 0 Å². The van der Waals surface area contributed by atoms with Gasteiger partial charge in [-0.3, -0.25) is 0 Å². The smallest absolute Gasteiger partial charge is 0.103 e. The van der Waals surface area contributed by atoms with Crippen molar-refractivity contribution in [2.45, 2.75) is 20.3 Å². The van der Waals surface area contributed by atoms with E-state index in [4.69, 9.17) is 10.5 Å². The fraction of sp³-hybridized carbons (Fsp3) is 0.308. The molecule has 2 N–H and O–H groups in total. The summed E-state index contributed by atoms with van der Waals surface area (Å²) in [6, 6.07) is 8.16. The molecule has 2 heteroatoms. The second kappa shape index (κ2) is 7.78. The van der Waals surface area contributed by atoms with Crippen LogP contribution in [-0.4, -0.2) is 17.4 Å². The van der Waals surface area contributed by atoms with Crippen LogP contribution in [0.15, 0.2) is 24.3 Å². The van der Waals surface area contributed by atoms with E-state index in [-0.39, 0.29) is 6.61 Å². The number of rotatable bonds is 2. The van der Waals surface area contributed by atoms with Gasteiger partial charge in [-0.15, -0.1) is 6.42 Å².